The number of thioether (sulfide) groups is 1. The second kappa shape index (κ2) is 3.37. The summed E-state index contributed by atoms with van der Waals surface area (Å²) < 4.78 is 5.90. The number of fused-ring (bicyclic) bond motifs is 2. The van der Waals surface area contributed by atoms with E-state index in [1.165, 1.54) is 11.8 Å². The van der Waals surface area contributed by atoms with Gasteiger partial charge >= 0.3 is 0 Å². The third kappa shape index (κ3) is 1.44. The second-order valence-electron chi connectivity index (χ2n) is 4.50. The van der Waals surface area contributed by atoms with Gasteiger partial charge in [-0.3, -0.25) is 9.69 Å². The molecule has 3 nitrogen and oxygen atoms in total. The fourth-order valence-corrected chi connectivity index (χ4v) is 3.30. The Kier molecular flexibility index (Phi) is 2.15. The molecule has 3 rings (SSSR count). The Labute approximate surface area is 104 Å². The highest BCUT2D eigenvalue weighted by atomic mass is 32.2. The van der Waals surface area contributed by atoms with Gasteiger partial charge in [0.05, 0.1) is 0 Å². The maximum atomic E-state index is 12.5. The fourth-order valence-electron chi connectivity index (χ4n) is 2.31. The lowest BCUT2D eigenvalue weighted by molar-refractivity contribution is -0.124. The van der Waals surface area contributed by atoms with Crippen LogP contribution in [0, 0.1) is 0 Å². The minimum Gasteiger partial charge on any atom is -0.325 e. The van der Waals surface area contributed by atoms with Crippen molar-refractivity contribution in [3.05, 3.63) is 41.8 Å². The van der Waals surface area contributed by atoms with E-state index in [0.29, 0.717) is 0 Å². The molecule has 1 amide bonds. The number of para-hydroxylation sites is 1. The zero-order valence-electron chi connectivity index (χ0n) is 9.71. The van der Waals surface area contributed by atoms with Crippen molar-refractivity contribution >= 4 is 23.4 Å². The summed E-state index contributed by atoms with van der Waals surface area (Å²) in [6.45, 7) is 3.74. The number of carbonyl (C=O) groups excluding carboxylic acids is 1. The number of hydrogen-bond donors (Lipinski definition) is 0. The number of nitrogens with zero attached hydrogens (tertiary/aromatic N) is 1. The summed E-state index contributed by atoms with van der Waals surface area (Å²) in [5.74, 6) is 0.00111. The van der Waals surface area contributed by atoms with Gasteiger partial charge in [-0.25, -0.2) is 0 Å². The summed E-state index contributed by atoms with van der Waals surface area (Å²) in [5, 5.41) is 1.95. The molecule has 0 aromatic heterocycles. The number of benzene rings is 1. The van der Waals surface area contributed by atoms with Crippen molar-refractivity contribution in [2.24, 2.45) is 0 Å². The number of amides is 1. The minimum absolute atomic E-state index is 0.00111. The molecule has 0 radical (unpaired) electrons. The highest BCUT2D eigenvalue weighted by molar-refractivity contribution is 8.04. The van der Waals surface area contributed by atoms with Crippen molar-refractivity contribution in [1.29, 1.82) is 0 Å². The molecular formula is C13H13NO2S. The zero-order chi connectivity index (χ0) is 12.1. The molecule has 88 valence electrons. The summed E-state index contributed by atoms with van der Waals surface area (Å²) >= 11 is 1.42. The monoisotopic (exact) mass is 247 g/mol. The molecule has 0 spiro atoms. The maximum absolute atomic E-state index is 12.5. The van der Waals surface area contributed by atoms with Crippen LogP contribution in [0.4, 0.5) is 5.69 Å². The molecule has 2 heterocycles. The van der Waals surface area contributed by atoms with E-state index < -0.39 is 10.7 Å². The Morgan fingerprint density at radius 3 is 2.59 bits per heavy atom. The van der Waals surface area contributed by atoms with Crippen molar-refractivity contribution in [3.63, 3.8) is 0 Å². The van der Waals surface area contributed by atoms with Crippen molar-refractivity contribution in [3.8, 4) is 0 Å². The van der Waals surface area contributed by atoms with E-state index >= 15 is 0 Å². The van der Waals surface area contributed by atoms with Crippen LogP contribution in [0.25, 0.3) is 0 Å². The Balaban J connectivity index is 2.12. The molecular weight excluding hydrogens is 234 g/mol. The molecule has 0 saturated carbocycles. The van der Waals surface area contributed by atoms with E-state index in [1.807, 2.05) is 55.7 Å². The minimum atomic E-state index is -0.792. The third-order valence-electron chi connectivity index (χ3n) is 3.12. The molecule has 2 aliphatic rings. The summed E-state index contributed by atoms with van der Waals surface area (Å²) in [6.07, 6.45) is 1.93. The zero-order valence-corrected chi connectivity index (χ0v) is 10.5. The second-order valence-corrected chi connectivity index (χ2v) is 5.79. The molecule has 1 aromatic rings. The smallest absolute Gasteiger partial charge is 0.272 e. The van der Waals surface area contributed by atoms with Crippen LogP contribution in [0.1, 0.15) is 13.8 Å². The molecule has 2 unspecified atom stereocenters. The van der Waals surface area contributed by atoms with Gasteiger partial charge in [-0.1, -0.05) is 30.0 Å². The van der Waals surface area contributed by atoms with E-state index in [1.54, 1.807) is 4.90 Å². The van der Waals surface area contributed by atoms with Crippen molar-refractivity contribution in [2.75, 3.05) is 4.90 Å². The van der Waals surface area contributed by atoms with Crippen LogP contribution in [0.5, 0.6) is 0 Å². The van der Waals surface area contributed by atoms with Crippen LogP contribution >= 0.6 is 11.8 Å². The topological polar surface area (TPSA) is 29.5 Å². The first-order valence-corrected chi connectivity index (χ1v) is 6.39. The van der Waals surface area contributed by atoms with Crippen LogP contribution in [0.15, 0.2) is 41.8 Å². The summed E-state index contributed by atoms with van der Waals surface area (Å²) in [4.78, 5) is 13.4. The SMILES string of the molecule is CC12OC(C)(C=CS1)N(c1ccccc1)C2=O. The Morgan fingerprint density at radius 1 is 1.24 bits per heavy atom. The predicted octanol–water partition coefficient (Wildman–Crippen LogP) is 2.74. The number of carbonyl (C=O) groups is 1. The van der Waals surface area contributed by atoms with Gasteiger partial charge in [0.25, 0.3) is 5.91 Å². The lowest BCUT2D eigenvalue weighted by Crippen LogP contribution is -2.42. The molecule has 2 aliphatic heterocycles. The molecule has 2 bridgehead atoms. The molecule has 1 aromatic carbocycles. The first-order valence-electron chi connectivity index (χ1n) is 5.51. The molecule has 1 fully saturated rings. The van der Waals surface area contributed by atoms with Crippen LogP contribution < -0.4 is 4.90 Å². The highest BCUT2D eigenvalue weighted by Gasteiger charge is 2.58. The van der Waals surface area contributed by atoms with E-state index in [0.717, 1.165) is 5.69 Å². The van der Waals surface area contributed by atoms with Gasteiger partial charge in [-0.05, 0) is 37.5 Å². The number of ether oxygens (including phenoxy) is 1. The molecule has 2 atom stereocenters. The average molecular weight is 247 g/mol. The highest BCUT2D eigenvalue weighted by Crippen LogP contribution is 2.48. The molecule has 0 aliphatic carbocycles. The fraction of sp³-hybridized carbons (Fsp3) is 0.308. The van der Waals surface area contributed by atoms with Gasteiger partial charge in [0, 0.05) is 5.69 Å². The molecule has 17 heavy (non-hydrogen) atoms. The van der Waals surface area contributed by atoms with Crippen molar-refractivity contribution < 1.29 is 9.53 Å². The number of hydrogen-bond acceptors (Lipinski definition) is 3. The van der Waals surface area contributed by atoms with Crippen LogP contribution in [-0.4, -0.2) is 16.6 Å². The van der Waals surface area contributed by atoms with E-state index in [4.69, 9.17) is 4.74 Å². The van der Waals surface area contributed by atoms with E-state index in [9.17, 15) is 4.79 Å². The largest absolute Gasteiger partial charge is 0.325 e. The normalized spacial score (nSPS) is 35.4. The van der Waals surface area contributed by atoms with Gasteiger partial charge in [-0.15, -0.1) is 0 Å². The first-order chi connectivity index (χ1) is 8.05. The lowest BCUT2D eigenvalue weighted by atomic mass is 10.2. The first kappa shape index (κ1) is 10.9. The summed E-state index contributed by atoms with van der Waals surface area (Å²) in [7, 11) is 0. The summed E-state index contributed by atoms with van der Waals surface area (Å²) in [5.41, 5.74) is 0.203. The Bertz CT molecular complexity index is 501. The molecule has 1 saturated heterocycles. The van der Waals surface area contributed by atoms with Gasteiger partial charge in [0.2, 0.25) is 0 Å². The maximum Gasteiger partial charge on any atom is 0.272 e. The molecule has 0 N–H and O–H groups in total. The van der Waals surface area contributed by atoms with Gasteiger partial charge < -0.3 is 4.74 Å². The van der Waals surface area contributed by atoms with E-state index in [2.05, 4.69) is 0 Å². The van der Waals surface area contributed by atoms with Gasteiger partial charge in [0.15, 0.2) is 10.7 Å². The van der Waals surface area contributed by atoms with Crippen molar-refractivity contribution in [1.82, 2.24) is 0 Å². The van der Waals surface area contributed by atoms with Crippen LogP contribution in [0.2, 0.25) is 0 Å². The number of anilines is 1. The Hall–Kier alpha value is -1.26. The molecule has 4 heteroatoms. The average Bonchev–Trinajstić information content (AvgIpc) is 2.43. The Morgan fingerprint density at radius 2 is 1.94 bits per heavy atom. The summed E-state index contributed by atoms with van der Waals surface area (Å²) in [6, 6.07) is 9.64. The predicted molar refractivity (Wildman–Crippen MR) is 68.6 cm³/mol. The van der Waals surface area contributed by atoms with Crippen molar-refractivity contribution in [2.45, 2.75) is 24.5 Å². The lowest BCUT2D eigenvalue weighted by Gasteiger charge is -2.32. The van der Waals surface area contributed by atoms with Crippen LogP contribution in [0.3, 0.4) is 0 Å². The standard InChI is InChI=1S/C13H13NO2S/c1-12-8-9-17-13(2,16-12)11(15)14(12)10-6-4-3-5-7-10/h3-9H,1-2H3. The quantitative estimate of drug-likeness (QED) is 0.764. The van der Waals surface area contributed by atoms with Crippen LogP contribution in [-0.2, 0) is 9.53 Å². The third-order valence-corrected chi connectivity index (χ3v) is 4.10. The number of rotatable bonds is 1. The van der Waals surface area contributed by atoms with Gasteiger partial charge in [-0.2, -0.15) is 0 Å². The van der Waals surface area contributed by atoms with E-state index in [-0.39, 0.29) is 5.91 Å². The van der Waals surface area contributed by atoms with Gasteiger partial charge in [0.1, 0.15) is 0 Å².